The highest BCUT2D eigenvalue weighted by Crippen LogP contribution is 2.25. The Bertz CT molecular complexity index is 1030. The van der Waals surface area contributed by atoms with Crippen molar-refractivity contribution in [2.45, 2.75) is 30.8 Å². The van der Waals surface area contributed by atoms with Gasteiger partial charge in [-0.05, 0) is 38.0 Å². The molecule has 9 nitrogen and oxygen atoms in total. The smallest absolute Gasteiger partial charge is 0.273 e. The number of carbonyl (C=O) groups excluding carboxylic acids is 1. The predicted molar refractivity (Wildman–Crippen MR) is 106 cm³/mol. The van der Waals surface area contributed by atoms with E-state index in [1.807, 2.05) is 0 Å². The second-order valence-electron chi connectivity index (χ2n) is 6.70. The average Bonchev–Trinajstić information content (AvgIpc) is 3.20. The van der Waals surface area contributed by atoms with Gasteiger partial charge in [0.2, 0.25) is 0 Å². The summed E-state index contributed by atoms with van der Waals surface area (Å²) >= 11 is 0. The Morgan fingerprint density at radius 1 is 1.28 bits per heavy atom. The van der Waals surface area contributed by atoms with Gasteiger partial charge in [0.05, 0.1) is 27.2 Å². The molecular weight excluding hydrogens is 398 g/mol. The lowest BCUT2D eigenvalue weighted by Gasteiger charge is -2.14. The molecule has 1 fully saturated rings. The first-order valence-corrected chi connectivity index (χ1v) is 10.5. The van der Waals surface area contributed by atoms with E-state index in [1.54, 1.807) is 12.1 Å². The van der Waals surface area contributed by atoms with Crippen molar-refractivity contribution in [3.8, 4) is 0 Å². The number of rotatable bonds is 7. The lowest BCUT2D eigenvalue weighted by Crippen LogP contribution is -2.32. The van der Waals surface area contributed by atoms with E-state index in [9.17, 15) is 23.3 Å². The van der Waals surface area contributed by atoms with Gasteiger partial charge in [-0.25, -0.2) is 8.42 Å². The topological polar surface area (TPSA) is 128 Å². The number of ether oxygens (including phenoxy) is 1. The molecule has 2 aromatic rings. The molecule has 29 heavy (non-hydrogen) atoms. The number of para-hydroxylation sites is 1. The minimum absolute atomic E-state index is 0.0455. The Hall–Kier alpha value is -2.98. The summed E-state index contributed by atoms with van der Waals surface area (Å²) in [4.78, 5) is 22.8. The molecule has 1 heterocycles. The fraction of sp³-hybridized carbons (Fsp3) is 0.316. The van der Waals surface area contributed by atoms with E-state index < -0.39 is 20.9 Å². The molecule has 0 saturated carbocycles. The summed E-state index contributed by atoms with van der Waals surface area (Å²) in [5.74, 6) is -0.436. The van der Waals surface area contributed by atoms with Crippen molar-refractivity contribution in [2.24, 2.45) is 0 Å². The standard InChI is InChI=1S/C19H21N3O6S/c1-13-8-9-15(11-18(13)22(24)25)29(26,27)21-17-7-3-2-6-16(17)19(23)20-12-14-5-4-10-28-14/h2-3,6-9,11,14,21H,4-5,10,12H2,1H3,(H,20,23). The van der Waals surface area contributed by atoms with Gasteiger partial charge in [-0.15, -0.1) is 0 Å². The first-order valence-electron chi connectivity index (χ1n) is 9.04. The van der Waals surface area contributed by atoms with Crippen molar-refractivity contribution in [1.29, 1.82) is 0 Å². The van der Waals surface area contributed by atoms with Crippen LogP contribution in [-0.4, -0.2) is 38.5 Å². The Morgan fingerprint density at radius 2 is 2.03 bits per heavy atom. The molecular formula is C19H21N3O6S. The summed E-state index contributed by atoms with van der Waals surface area (Å²) in [7, 11) is -4.13. The summed E-state index contributed by atoms with van der Waals surface area (Å²) in [6.45, 7) is 2.53. The van der Waals surface area contributed by atoms with Crippen molar-refractivity contribution in [1.82, 2.24) is 5.32 Å². The third kappa shape index (κ3) is 4.90. The zero-order chi connectivity index (χ0) is 21.0. The molecule has 0 radical (unpaired) electrons. The van der Waals surface area contributed by atoms with E-state index in [0.29, 0.717) is 18.7 Å². The number of carbonyl (C=O) groups is 1. The third-order valence-corrected chi connectivity index (χ3v) is 5.98. The van der Waals surface area contributed by atoms with Crippen LogP contribution in [-0.2, 0) is 14.8 Å². The number of nitrogens with one attached hydrogen (secondary N) is 2. The second-order valence-corrected chi connectivity index (χ2v) is 8.38. The van der Waals surface area contributed by atoms with E-state index in [2.05, 4.69) is 10.0 Å². The molecule has 10 heteroatoms. The molecule has 1 saturated heterocycles. The summed E-state index contributed by atoms with van der Waals surface area (Å²) in [5, 5.41) is 13.9. The highest BCUT2D eigenvalue weighted by molar-refractivity contribution is 7.92. The van der Waals surface area contributed by atoms with Crippen LogP contribution in [0.5, 0.6) is 0 Å². The van der Waals surface area contributed by atoms with Gasteiger partial charge in [0.1, 0.15) is 0 Å². The highest BCUT2D eigenvalue weighted by Gasteiger charge is 2.23. The van der Waals surface area contributed by atoms with Crippen molar-refractivity contribution >= 4 is 27.3 Å². The second kappa shape index (κ2) is 8.58. The predicted octanol–water partition coefficient (Wildman–Crippen LogP) is 2.61. The summed E-state index contributed by atoms with van der Waals surface area (Å²) in [5.41, 5.74) is 0.287. The van der Waals surface area contributed by atoms with Crippen LogP contribution in [0.2, 0.25) is 0 Å². The molecule has 2 aromatic carbocycles. The van der Waals surface area contributed by atoms with Gasteiger partial charge in [0, 0.05) is 24.8 Å². The van der Waals surface area contributed by atoms with Crippen LogP contribution in [0, 0.1) is 17.0 Å². The number of nitrogens with zero attached hydrogens (tertiary/aromatic N) is 1. The van der Waals surface area contributed by atoms with Gasteiger partial charge in [-0.3, -0.25) is 19.6 Å². The number of nitro groups is 1. The minimum Gasteiger partial charge on any atom is -0.376 e. The molecule has 0 spiro atoms. The fourth-order valence-electron chi connectivity index (χ4n) is 3.03. The van der Waals surface area contributed by atoms with Crippen molar-refractivity contribution in [3.05, 3.63) is 63.7 Å². The Kier molecular flexibility index (Phi) is 6.14. The van der Waals surface area contributed by atoms with Crippen LogP contribution in [0.3, 0.4) is 0 Å². The quantitative estimate of drug-likeness (QED) is 0.524. The van der Waals surface area contributed by atoms with Crippen LogP contribution in [0.1, 0.15) is 28.8 Å². The first kappa shape index (κ1) is 20.7. The van der Waals surface area contributed by atoms with E-state index >= 15 is 0 Å². The van der Waals surface area contributed by atoms with Crippen molar-refractivity contribution < 1.29 is 22.9 Å². The zero-order valence-electron chi connectivity index (χ0n) is 15.8. The fourth-order valence-corrected chi connectivity index (χ4v) is 4.13. The number of anilines is 1. The van der Waals surface area contributed by atoms with Gasteiger partial charge in [0.15, 0.2) is 0 Å². The van der Waals surface area contributed by atoms with Crippen LogP contribution in [0.4, 0.5) is 11.4 Å². The molecule has 2 N–H and O–H groups in total. The third-order valence-electron chi connectivity index (χ3n) is 4.62. The summed E-state index contributed by atoms with van der Waals surface area (Å²) in [6, 6.07) is 9.82. The number of sulfonamides is 1. The molecule has 1 unspecified atom stereocenters. The Balaban J connectivity index is 1.81. The maximum absolute atomic E-state index is 12.7. The number of hydrogen-bond donors (Lipinski definition) is 2. The van der Waals surface area contributed by atoms with Gasteiger partial charge in [0.25, 0.3) is 21.6 Å². The number of benzene rings is 2. The lowest BCUT2D eigenvalue weighted by atomic mass is 10.1. The van der Waals surface area contributed by atoms with Gasteiger partial charge in [-0.1, -0.05) is 18.2 Å². The molecule has 1 aliphatic heterocycles. The Morgan fingerprint density at radius 3 is 2.72 bits per heavy atom. The highest BCUT2D eigenvalue weighted by atomic mass is 32.2. The van der Waals surface area contributed by atoms with Crippen LogP contribution < -0.4 is 10.0 Å². The van der Waals surface area contributed by atoms with E-state index in [-0.39, 0.29) is 27.9 Å². The largest absolute Gasteiger partial charge is 0.376 e. The van der Waals surface area contributed by atoms with Crippen LogP contribution in [0.15, 0.2) is 47.4 Å². The molecule has 1 aliphatic rings. The monoisotopic (exact) mass is 419 g/mol. The average molecular weight is 419 g/mol. The molecule has 1 atom stereocenters. The van der Waals surface area contributed by atoms with E-state index in [1.165, 1.54) is 31.2 Å². The first-order chi connectivity index (χ1) is 13.8. The number of hydrogen-bond acceptors (Lipinski definition) is 6. The zero-order valence-corrected chi connectivity index (χ0v) is 16.6. The maximum atomic E-state index is 12.7. The summed E-state index contributed by atoms with van der Waals surface area (Å²) < 4.78 is 33.3. The molecule has 0 aromatic heterocycles. The minimum atomic E-state index is -4.13. The Labute approximate surface area is 168 Å². The molecule has 3 rings (SSSR count). The number of aryl methyl sites for hydroxylation is 1. The van der Waals surface area contributed by atoms with E-state index in [0.717, 1.165) is 18.9 Å². The molecule has 154 valence electrons. The normalized spacial score (nSPS) is 16.4. The number of nitro benzene ring substituents is 1. The molecule has 1 amide bonds. The SMILES string of the molecule is Cc1ccc(S(=O)(=O)Nc2ccccc2C(=O)NCC2CCCO2)cc1[N+](=O)[O-]. The van der Waals surface area contributed by atoms with Crippen molar-refractivity contribution in [2.75, 3.05) is 17.9 Å². The maximum Gasteiger partial charge on any atom is 0.273 e. The molecule has 0 aliphatic carbocycles. The van der Waals surface area contributed by atoms with E-state index in [4.69, 9.17) is 4.74 Å². The van der Waals surface area contributed by atoms with Gasteiger partial charge in [-0.2, -0.15) is 0 Å². The van der Waals surface area contributed by atoms with Crippen molar-refractivity contribution in [3.63, 3.8) is 0 Å². The molecule has 0 bridgehead atoms. The number of amides is 1. The van der Waals surface area contributed by atoms with Gasteiger partial charge >= 0.3 is 0 Å². The van der Waals surface area contributed by atoms with Crippen LogP contribution >= 0.6 is 0 Å². The van der Waals surface area contributed by atoms with Crippen LogP contribution in [0.25, 0.3) is 0 Å². The van der Waals surface area contributed by atoms with Gasteiger partial charge < -0.3 is 10.1 Å². The lowest BCUT2D eigenvalue weighted by molar-refractivity contribution is -0.385. The summed E-state index contributed by atoms with van der Waals surface area (Å²) in [6.07, 6.45) is 1.76.